The fourth-order valence-electron chi connectivity index (χ4n) is 1.90. The zero-order chi connectivity index (χ0) is 14.5. The Balaban J connectivity index is 2.14. The Morgan fingerprint density at radius 2 is 2.25 bits per heavy atom. The Hall–Kier alpha value is -2.19. The van der Waals surface area contributed by atoms with Crippen LogP contribution in [0.2, 0.25) is 0 Å². The lowest BCUT2D eigenvalue weighted by Crippen LogP contribution is -2.24. The third-order valence-corrected chi connectivity index (χ3v) is 2.97. The van der Waals surface area contributed by atoms with Crippen LogP contribution in [0.25, 0.3) is 0 Å². The molecular formula is C15H17FN4. The van der Waals surface area contributed by atoms with Gasteiger partial charge in [-0.3, -0.25) is 0 Å². The largest absolute Gasteiger partial charge is 0.329 e. The molecule has 0 aliphatic rings. The highest BCUT2D eigenvalue weighted by atomic mass is 19.1. The third kappa shape index (κ3) is 3.43. The number of rotatable bonds is 5. The minimum absolute atomic E-state index is 0.0736. The highest BCUT2D eigenvalue weighted by Gasteiger charge is 2.07. The Bertz CT molecular complexity index is 625. The van der Waals surface area contributed by atoms with Crippen molar-refractivity contribution in [2.24, 2.45) is 0 Å². The van der Waals surface area contributed by atoms with Crippen molar-refractivity contribution in [1.29, 1.82) is 5.26 Å². The van der Waals surface area contributed by atoms with Crippen LogP contribution in [0.15, 0.2) is 30.6 Å². The van der Waals surface area contributed by atoms with E-state index < -0.39 is 5.82 Å². The molecule has 20 heavy (non-hydrogen) atoms. The predicted molar refractivity (Wildman–Crippen MR) is 74.4 cm³/mol. The highest BCUT2D eigenvalue weighted by molar-refractivity contribution is 5.34. The second kappa shape index (κ2) is 6.31. The zero-order valence-electron chi connectivity index (χ0n) is 11.6. The monoisotopic (exact) mass is 272 g/mol. The standard InChI is InChI=1S/C15H17FN4/c1-11(2)19-9-15-18-5-6-20(15)10-12-3-4-14(16)13(7-12)8-17/h3-7,11,19H,9-10H2,1-2H3. The zero-order valence-corrected chi connectivity index (χ0v) is 11.6. The molecule has 4 nitrogen and oxygen atoms in total. The van der Waals surface area contributed by atoms with Crippen LogP contribution < -0.4 is 5.32 Å². The Labute approximate surface area is 117 Å². The Morgan fingerprint density at radius 1 is 1.45 bits per heavy atom. The summed E-state index contributed by atoms with van der Waals surface area (Å²) in [6.45, 7) is 5.40. The number of imidazole rings is 1. The van der Waals surface area contributed by atoms with Crippen LogP contribution in [0.5, 0.6) is 0 Å². The van der Waals surface area contributed by atoms with Gasteiger partial charge in [-0.1, -0.05) is 19.9 Å². The smallest absolute Gasteiger partial charge is 0.140 e. The number of nitrogens with zero attached hydrogens (tertiary/aromatic N) is 3. The minimum atomic E-state index is -0.483. The number of halogens is 1. The van der Waals surface area contributed by atoms with E-state index in [-0.39, 0.29) is 5.56 Å². The van der Waals surface area contributed by atoms with Crippen molar-refractivity contribution in [3.05, 3.63) is 53.4 Å². The first kappa shape index (κ1) is 14.2. The van der Waals surface area contributed by atoms with Crippen LogP contribution >= 0.6 is 0 Å². The molecule has 2 aromatic rings. The molecule has 0 amide bonds. The molecule has 1 heterocycles. The summed E-state index contributed by atoms with van der Waals surface area (Å²) in [6.07, 6.45) is 3.62. The van der Waals surface area contributed by atoms with Crippen LogP contribution in [0.1, 0.15) is 30.8 Å². The molecule has 0 saturated carbocycles. The van der Waals surface area contributed by atoms with Crippen LogP contribution in [0, 0.1) is 17.1 Å². The molecule has 0 aliphatic heterocycles. The van der Waals surface area contributed by atoms with Crippen molar-refractivity contribution in [2.45, 2.75) is 33.0 Å². The quantitative estimate of drug-likeness (QED) is 0.909. The summed E-state index contributed by atoms with van der Waals surface area (Å²) in [7, 11) is 0. The van der Waals surface area contributed by atoms with Crippen molar-refractivity contribution >= 4 is 0 Å². The molecule has 0 aliphatic carbocycles. The summed E-state index contributed by atoms with van der Waals surface area (Å²) in [5.41, 5.74) is 0.955. The molecule has 1 aromatic heterocycles. The molecule has 0 atom stereocenters. The fraction of sp³-hybridized carbons (Fsp3) is 0.333. The van der Waals surface area contributed by atoms with E-state index >= 15 is 0 Å². The van der Waals surface area contributed by atoms with Crippen LogP contribution in [0.3, 0.4) is 0 Å². The maximum absolute atomic E-state index is 13.3. The average molecular weight is 272 g/mol. The molecule has 0 unspecified atom stereocenters. The molecule has 1 aromatic carbocycles. The number of aromatic nitrogens is 2. The SMILES string of the molecule is CC(C)NCc1nccn1Cc1ccc(F)c(C#N)c1. The van der Waals surface area contributed by atoms with Crippen LogP contribution in [-0.4, -0.2) is 15.6 Å². The number of hydrogen-bond donors (Lipinski definition) is 1. The normalized spacial score (nSPS) is 10.8. The topological polar surface area (TPSA) is 53.6 Å². The van der Waals surface area contributed by atoms with Gasteiger partial charge in [0.05, 0.1) is 12.1 Å². The molecule has 5 heteroatoms. The Kier molecular flexibility index (Phi) is 4.49. The van der Waals surface area contributed by atoms with Gasteiger partial charge in [0.1, 0.15) is 17.7 Å². The molecule has 2 rings (SSSR count). The Morgan fingerprint density at radius 3 is 2.95 bits per heavy atom. The van der Waals surface area contributed by atoms with Gasteiger partial charge in [0.25, 0.3) is 0 Å². The van der Waals surface area contributed by atoms with E-state index in [1.54, 1.807) is 18.3 Å². The third-order valence-electron chi connectivity index (χ3n) is 2.97. The van der Waals surface area contributed by atoms with Crippen molar-refractivity contribution in [3.8, 4) is 6.07 Å². The number of benzene rings is 1. The van der Waals surface area contributed by atoms with Gasteiger partial charge in [-0.25, -0.2) is 9.37 Å². The first-order valence-corrected chi connectivity index (χ1v) is 6.52. The average Bonchev–Trinajstić information content (AvgIpc) is 2.86. The van der Waals surface area contributed by atoms with Gasteiger partial charge in [-0.2, -0.15) is 5.26 Å². The van der Waals surface area contributed by atoms with Gasteiger partial charge < -0.3 is 9.88 Å². The highest BCUT2D eigenvalue weighted by Crippen LogP contribution is 2.12. The van der Waals surface area contributed by atoms with Gasteiger partial charge in [0, 0.05) is 25.0 Å². The maximum atomic E-state index is 13.3. The van der Waals surface area contributed by atoms with Gasteiger partial charge in [0.15, 0.2) is 0 Å². The lowest BCUT2D eigenvalue weighted by molar-refractivity contribution is 0.554. The first-order valence-electron chi connectivity index (χ1n) is 6.52. The van der Waals surface area contributed by atoms with Crippen LogP contribution in [0.4, 0.5) is 4.39 Å². The molecule has 0 bridgehead atoms. The van der Waals surface area contributed by atoms with E-state index in [2.05, 4.69) is 24.1 Å². The van der Waals surface area contributed by atoms with E-state index in [0.717, 1.165) is 11.4 Å². The summed E-state index contributed by atoms with van der Waals surface area (Å²) in [5, 5.41) is 12.2. The lowest BCUT2D eigenvalue weighted by atomic mass is 10.1. The van der Waals surface area contributed by atoms with Gasteiger partial charge in [-0.05, 0) is 17.7 Å². The van der Waals surface area contributed by atoms with Crippen LogP contribution in [-0.2, 0) is 13.1 Å². The van der Waals surface area contributed by atoms with Crippen molar-refractivity contribution in [2.75, 3.05) is 0 Å². The second-order valence-electron chi connectivity index (χ2n) is 4.93. The number of hydrogen-bond acceptors (Lipinski definition) is 3. The van der Waals surface area contributed by atoms with Gasteiger partial charge in [0.2, 0.25) is 0 Å². The molecule has 0 radical (unpaired) electrons. The molecule has 1 N–H and O–H groups in total. The van der Waals surface area contributed by atoms with Gasteiger partial charge in [-0.15, -0.1) is 0 Å². The molecule has 0 spiro atoms. The summed E-state index contributed by atoms with van der Waals surface area (Å²) in [5.74, 6) is 0.435. The first-order chi connectivity index (χ1) is 9.60. The van der Waals surface area contributed by atoms with E-state index in [1.165, 1.54) is 6.07 Å². The summed E-state index contributed by atoms with van der Waals surface area (Å²) in [4.78, 5) is 4.31. The van der Waals surface area contributed by atoms with E-state index in [1.807, 2.05) is 16.8 Å². The molecule has 0 fully saturated rings. The summed E-state index contributed by atoms with van der Waals surface area (Å²) in [6, 6.07) is 6.84. The second-order valence-corrected chi connectivity index (χ2v) is 4.93. The molecule has 104 valence electrons. The fourth-order valence-corrected chi connectivity index (χ4v) is 1.90. The number of nitriles is 1. The van der Waals surface area contributed by atoms with E-state index in [4.69, 9.17) is 5.26 Å². The minimum Gasteiger partial charge on any atom is -0.329 e. The van der Waals surface area contributed by atoms with E-state index in [0.29, 0.717) is 19.1 Å². The lowest BCUT2D eigenvalue weighted by Gasteiger charge is -2.11. The summed E-state index contributed by atoms with van der Waals surface area (Å²) < 4.78 is 15.3. The van der Waals surface area contributed by atoms with E-state index in [9.17, 15) is 4.39 Å². The van der Waals surface area contributed by atoms with Crippen molar-refractivity contribution in [1.82, 2.24) is 14.9 Å². The number of nitrogens with one attached hydrogen (secondary N) is 1. The summed E-state index contributed by atoms with van der Waals surface area (Å²) >= 11 is 0. The maximum Gasteiger partial charge on any atom is 0.140 e. The molecule has 0 saturated heterocycles. The predicted octanol–water partition coefficient (Wildman–Crippen LogP) is 2.44. The van der Waals surface area contributed by atoms with Crippen molar-refractivity contribution < 1.29 is 4.39 Å². The molecular weight excluding hydrogens is 255 g/mol. The van der Waals surface area contributed by atoms with Crippen molar-refractivity contribution in [3.63, 3.8) is 0 Å². The van der Waals surface area contributed by atoms with Gasteiger partial charge >= 0.3 is 0 Å².